The number of ether oxygens (including phenoxy) is 2. The lowest BCUT2D eigenvalue weighted by atomic mass is 10.1. The Morgan fingerprint density at radius 1 is 1.28 bits per heavy atom. The van der Waals surface area contributed by atoms with Crippen molar-refractivity contribution in [2.75, 3.05) is 32.9 Å². The summed E-state index contributed by atoms with van der Waals surface area (Å²) in [5.74, 6) is 2.04. The standard InChI is InChI=1S/C19H24FNO4/c1-2-16-7-8-19(25-16)18-13-23-10-9-21(18)11-15(22)12-24-17-5-3-14(20)4-6-17/h3-8,15,18,22H,2,9-13H2,1H3. The molecule has 0 radical (unpaired) electrons. The molecule has 6 heteroatoms. The number of hydrogen-bond acceptors (Lipinski definition) is 5. The number of aliphatic hydroxyl groups is 1. The molecule has 3 rings (SSSR count). The molecular formula is C19H24FNO4. The fourth-order valence-electron chi connectivity index (χ4n) is 2.93. The van der Waals surface area contributed by atoms with Gasteiger partial charge in [0.15, 0.2) is 0 Å². The molecule has 25 heavy (non-hydrogen) atoms. The molecule has 0 bridgehead atoms. The number of furan rings is 1. The van der Waals surface area contributed by atoms with Gasteiger partial charge in [-0.1, -0.05) is 6.92 Å². The number of aliphatic hydroxyl groups excluding tert-OH is 1. The first-order chi connectivity index (χ1) is 12.2. The van der Waals surface area contributed by atoms with E-state index in [4.69, 9.17) is 13.9 Å². The molecule has 1 aromatic heterocycles. The summed E-state index contributed by atoms with van der Waals surface area (Å²) >= 11 is 0. The van der Waals surface area contributed by atoms with Crippen LogP contribution in [-0.4, -0.2) is 49.0 Å². The van der Waals surface area contributed by atoms with Crippen molar-refractivity contribution in [3.63, 3.8) is 0 Å². The molecule has 0 amide bonds. The molecule has 1 saturated heterocycles. The molecule has 1 fully saturated rings. The van der Waals surface area contributed by atoms with Crippen LogP contribution in [0.3, 0.4) is 0 Å². The quantitative estimate of drug-likeness (QED) is 0.833. The zero-order chi connectivity index (χ0) is 17.6. The second kappa shape index (κ2) is 8.47. The van der Waals surface area contributed by atoms with Crippen LogP contribution in [0.5, 0.6) is 5.75 Å². The minimum atomic E-state index is -0.661. The summed E-state index contributed by atoms with van der Waals surface area (Å²) in [6, 6.07) is 9.73. The Kier molecular flexibility index (Phi) is 6.07. The lowest BCUT2D eigenvalue weighted by Crippen LogP contribution is -2.44. The number of morpholine rings is 1. The second-order valence-corrected chi connectivity index (χ2v) is 6.16. The molecule has 2 aromatic rings. The van der Waals surface area contributed by atoms with Gasteiger partial charge in [-0.25, -0.2) is 4.39 Å². The van der Waals surface area contributed by atoms with Crippen molar-refractivity contribution in [3.8, 4) is 5.75 Å². The molecule has 1 aliphatic heterocycles. The van der Waals surface area contributed by atoms with E-state index in [0.29, 0.717) is 25.5 Å². The molecule has 0 saturated carbocycles. The van der Waals surface area contributed by atoms with Crippen molar-refractivity contribution in [2.24, 2.45) is 0 Å². The molecular weight excluding hydrogens is 325 g/mol. The lowest BCUT2D eigenvalue weighted by Gasteiger charge is -2.35. The monoisotopic (exact) mass is 349 g/mol. The first-order valence-corrected chi connectivity index (χ1v) is 8.62. The summed E-state index contributed by atoms with van der Waals surface area (Å²) < 4.78 is 29.9. The molecule has 2 unspecified atom stereocenters. The SMILES string of the molecule is CCc1ccc(C2COCCN2CC(O)COc2ccc(F)cc2)o1. The van der Waals surface area contributed by atoms with Gasteiger partial charge >= 0.3 is 0 Å². The Balaban J connectivity index is 1.56. The molecule has 1 aromatic carbocycles. The van der Waals surface area contributed by atoms with Gasteiger partial charge in [-0.3, -0.25) is 4.90 Å². The van der Waals surface area contributed by atoms with Gasteiger partial charge in [-0.2, -0.15) is 0 Å². The van der Waals surface area contributed by atoms with Crippen molar-refractivity contribution >= 4 is 0 Å². The van der Waals surface area contributed by atoms with Crippen LogP contribution in [0.15, 0.2) is 40.8 Å². The van der Waals surface area contributed by atoms with Crippen LogP contribution < -0.4 is 4.74 Å². The highest BCUT2D eigenvalue weighted by atomic mass is 19.1. The third-order valence-corrected chi connectivity index (χ3v) is 4.30. The molecule has 2 heterocycles. The molecule has 0 spiro atoms. The number of halogens is 1. The maximum atomic E-state index is 12.9. The minimum absolute atomic E-state index is 0.00507. The van der Waals surface area contributed by atoms with Crippen LogP contribution >= 0.6 is 0 Å². The highest BCUT2D eigenvalue weighted by Crippen LogP contribution is 2.26. The van der Waals surface area contributed by atoms with Crippen LogP contribution in [0.2, 0.25) is 0 Å². The predicted molar refractivity (Wildman–Crippen MR) is 91.1 cm³/mol. The van der Waals surface area contributed by atoms with E-state index in [1.54, 1.807) is 12.1 Å². The summed E-state index contributed by atoms with van der Waals surface area (Å²) in [6.07, 6.45) is 0.188. The first-order valence-electron chi connectivity index (χ1n) is 8.62. The van der Waals surface area contributed by atoms with Crippen molar-refractivity contribution in [2.45, 2.75) is 25.5 Å². The summed E-state index contributed by atoms with van der Waals surface area (Å²) in [7, 11) is 0. The zero-order valence-electron chi connectivity index (χ0n) is 14.4. The summed E-state index contributed by atoms with van der Waals surface area (Å²) in [4.78, 5) is 2.15. The van der Waals surface area contributed by atoms with Crippen LogP contribution in [0.4, 0.5) is 4.39 Å². The average Bonchev–Trinajstić information content (AvgIpc) is 3.11. The Morgan fingerprint density at radius 3 is 2.80 bits per heavy atom. The highest BCUT2D eigenvalue weighted by molar-refractivity contribution is 5.22. The van der Waals surface area contributed by atoms with Crippen molar-refractivity contribution in [1.29, 1.82) is 0 Å². The topological polar surface area (TPSA) is 55.1 Å². The molecule has 136 valence electrons. The van der Waals surface area contributed by atoms with Gasteiger partial charge in [0.05, 0.1) is 19.3 Å². The van der Waals surface area contributed by atoms with E-state index >= 15 is 0 Å². The summed E-state index contributed by atoms with van der Waals surface area (Å²) in [5.41, 5.74) is 0. The molecule has 1 aliphatic rings. The van der Waals surface area contributed by atoms with E-state index in [0.717, 1.165) is 24.5 Å². The Morgan fingerprint density at radius 2 is 2.08 bits per heavy atom. The molecule has 5 nitrogen and oxygen atoms in total. The number of nitrogens with zero attached hydrogens (tertiary/aromatic N) is 1. The number of aryl methyl sites for hydroxylation is 1. The largest absolute Gasteiger partial charge is 0.491 e. The van der Waals surface area contributed by atoms with E-state index in [1.807, 2.05) is 19.1 Å². The number of β-amino-alcohol motifs (C(OH)–C–C–N with tert-alkyl or cyclic N) is 1. The van der Waals surface area contributed by atoms with Crippen LogP contribution in [0.25, 0.3) is 0 Å². The fraction of sp³-hybridized carbons (Fsp3) is 0.474. The van der Waals surface area contributed by atoms with Crippen molar-refractivity contribution in [1.82, 2.24) is 4.90 Å². The van der Waals surface area contributed by atoms with E-state index in [9.17, 15) is 9.50 Å². The van der Waals surface area contributed by atoms with Gasteiger partial charge in [0.25, 0.3) is 0 Å². The summed E-state index contributed by atoms with van der Waals surface area (Å²) in [5, 5.41) is 10.3. The highest BCUT2D eigenvalue weighted by Gasteiger charge is 2.28. The average molecular weight is 349 g/mol. The van der Waals surface area contributed by atoms with Crippen molar-refractivity contribution in [3.05, 3.63) is 53.7 Å². The zero-order valence-corrected chi connectivity index (χ0v) is 14.4. The van der Waals surface area contributed by atoms with E-state index in [1.165, 1.54) is 12.1 Å². The van der Waals surface area contributed by atoms with Gasteiger partial charge in [0.1, 0.15) is 35.8 Å². The third-order valence-electron chi connectivity index (χ3n) is 4.30. The van der Waals surface area contributed by atoms with Gasteiger partial charge in [-0.15, -0.1) is 0 Å². The third kappa shape index (κ3) is 4.81. The normalized spacial score (nSPS) is 19.7. The summed E-state index contributed by atoms with van der Waals surface area (Å²) in [6.45, 7) is 4.55. The van der Waals surface area contributed by atoms with Gasteiger partial charge in [0.2, 0.25) is 0 Å². The van der Waals surface area contributed by atoms with Crippen LogP contribution in [0.1, 0.15) is 24.5 Å². The Hall–Kier alpha value is -1.89. The van der Waals surface area contributed by atoms with Crippen molar-refractivity contribution < 1.29 is 23.4 Å². The van der Waals surface area contributed by atoms with Gasteiger partial charge < -0.3 is 19.0 Å². The number of hydrogen-bond donors (Lipinski definition) is 1. The van der Waals surface area contributed by atoms with E-state index in [-0.39, 0.29) is 18.5 Å². The molecule has 2 atom stereocenters. The number of benzene rings is 1. The van der Waals surface area contributed by atoms with E-state index in [2.05, 4.69) is 4.90 Å². The number of rotatable bonds is 7. The van der Waals surface area contributed by atoms with E-state index < -0.39 is 6.10 Å². The fourth-order valence-corrected chi connectivity index (χ4v) is 2.93. The smallest absolute Gasteiger partial charge is 0.123 e. The van der Waals surface area contributed by atoms with Gasteiger partial charge in [-0.05, 0) is 36.4 Å². The maximum Gasteiger partial charge on any atom is 0.123 e. The lowest BCUT2D eigenvalue weighted by molar-refractivity contribution is -0.0400. The van der Waals surface area contributed by atoms with Crippen LogP contribution in [0, 0.1) is 5.82 Å². The maximum absolute atomic E-state index is 12.9. The molecule has 1 N–H and O–H groups in total. The second-order valence-electron chi connectivity index (χ2n) is 6.16. The van der Waals surface area contributed by atoms with Crippen LogP contribution in [-0.2, 0) is 11.2 Å². The molecule has 0 aliphatic carbocycles. The predicted octanol–water partition coefficient (Wildman–Crippen LogP) is 2.79. The minimum Gasteiger partial charge on any atom is -0.491 e. The van der Waals surface area contributed by atoms with Gasteiger partial charge in [0, 0.05) is 19.5 Å². The Labute approximate surface area is 147 Å². The first kappa shape index (κ1) is 17.9. The Bertz CT molecular complexity index is 658.